The van der Waals surface area contributed by atoms with Crippen molar-refractivity contribution >= 4 is 0 Å². The molecule has 0 saturated heterocycles. The molecule has 1 aromatic heterocycles. The van der Waals surface area contributed by atoms with E-state index in [9.17, 15) is 0 Å². The molecular weight excluding hydrogens is 222 g/mol. The van der Waals surface area contributed by atoms with Crippen molar-refractivity contribution < 1.29 is 14.0 Å². The molecule has 1 unspecified atom stereocenters. The minimum Gasteiger partial charge on any atom is -0.370 e. The molecule has 0 spiro atoms. The zero-order chi connectivity index (χ0) is 12.7. The quantitative estimate of drug-likeness (QED) is 0.691. The first-order valence-corrected chi connectivity index (χ1v) is 5.91. The summed E-state index contributed by atoms with van der Waals surface area (Å²) in [5.41, 5.74) is 4.82. The molecule has 0 aliphatic carbocycles. The van der Waals surface area contributed by atoms with Gasteiger partial charge in [-0.3, -0.25) is 0 Å². The van der Waals surface area contributed by atoms with E-state index in [2.05, 4.69) is 10.1 Å². The maximum atomic E-state index is 5.66. The van der Waals surface area contributed by atoms with Crippen molar-refractivity contribution in [3.63, 3.8) is 0 Å². The summed E-state index contributed by atoms with van der Waals surface area (Å²) in [7, 11) is 0. The molecule has 0 amide bonds. The molecule has 0 fully saturated rings. The summed E-state index contributed by atoms with van der Waals surface area (Å²) in [4.78, 5) is 4.28. The van der Waals surface area contributed by atoms with Crippen LogP contribution in [0, 0.1) is 0 Å². The number of hydrogen-bond acceptors (Lipinski definition) is 6. The zero-order valence-electron chi connectivity index (χ0n) is 10.7. The average molecular weight is 243 g/mol. The number of nitrogens with zero attached hydrogens (tertiary/aromatic N) is 2. The molecule has 1 heterocycles. The second kappa shape index (κ2) is 6.68. The predicted molar refractivity (Wildman–Crippen MR) is 62.3 cm³/mol. The van der Waals surface area contributed by atoms with Gasteiger partial charge in [0.2, 0.25) is 5.82 Å². The highest BCUT2D eigenvalue weighted by Gasteiger charge is 2.30. The maximum absolute atomic E-state index is 5.66. The summed E-state index contributed by atoms with van der Waals surface area (Å²) in [5, 5.41) is 3.93. The SMILES string of the molecule is CCOC(C)(CC)c1noc(COCCN)n1. The van der Waals surface area contributed by atoms with E-state index in [0.29, 0.717) is 31.5 Å². The van der Waals surface area contributed by atoms with Gasteiger partial charge >= 0.3 is 0 Å². The Morgan fingerprint density at radius 2 is 2.18 bits per heavy atom. The Morgan fingerprint density at radius 3 is 2.76 bits per heavy atom. The molecule has 98 valence electrons. The van der Waals surface area contributed by atoms with Crippen molar-refractivity contribution in [1.82, 2.24) is 10.1 Å². The molecule has 1 atom stereocenters. The van der Waals surface area contributed by atoms with Crippen LogP contribution in [0.15, 0.2) is 4.52 Å². The lowest BCUT2D eigenvalue weighted by Crippen LogP contribution is -2.26. The van der Waals surface area contributed by atoms with Gasteiger partial charge in [-0.05, 0) is 20.3 Å². The molecule has 0 saturated carbocycles. The summed E-state index contributed by atoms with van der Waals surface area (Å²) in [5.74, 6) is 1.01. The normalized spacial score (nSPS) is 14.8. The summed E-state index contributed by atoms with van der Waals surface area (Å²) in [6.07, 6.45) is 0.781. The van der Waals surface area contributed by atoms with Crippen molar-refractivity contribution in [1.29, 1.82) is 0 Å². The molecule has 6 heteroatoms. The first kappa shape index (κ1) is 14.1. The van der Waals surface area contributed by atoms with Crippen LogP contribution in [0.1, 0.15) is 38.9 Å². The molecule has 0 radical (unpaired) electrons. The first-order chi connectivity index (χ1) is 8.16. The molecule has 0 aliphatic heterocycles. The van der Waals surface area contributed by atoms with Crippen molar-refractivity contribution in [2.24, 2.45) is 5.73 Å². The molecule has 2 N–H and O–H groups in total. The highest BCUT2D eigenvalue weighted by molar-refractivity contribution is 4.98. The summed E-state index contributed by atoms with van der Waals surface area (Å²) in [6.45, 7) is 7.77. The number of hydrogen-bond donors (Lipinski definition) is 1. The van der Waals surface area contributed by atoms with Crippen LogP contribution in [0.3, 0.4) is 0 Å². The zero-order valence-corrected chi connectivity index (χ0v) is 10.7. The number of rotatable bonds is 8. The molecule has 0 aromatic carbocycles. The van der Waals surface area contributed by atoms with Crippen molar-refractivity contribution in [2.45, 2.75) is 39.4 Å². The van der Waals surface area contributed by atoms with E-state index in [0.717, 1.165) is 6.42 Å². The highest BCUT2D eigenvalue weighted by atomic mass is 16.5. The van der Waals surface area contributed by atoms with Gasteiger partial charge in [-0.25, -0.2) is 0 Å². The van der Waals surface area contributed by atoms with E-state index in [4.69, 9.17) is 19.7 Å². The van der Waals surface area contributed by atoms with Crippen LogP contribution in [0.5, 0.6) is 0 Å². The Hall–Kier alpha value is -0.980. The van der Waals surface area contributed by atoms with Crippen LogP contribution in [-0.2, 0) is 21.7 Å². The van der Waals surface area contributed by atoms with Gasteiger partial charge in [0, 0.05) is 13.2 Å². The molecule has 1 rings (SSSR count). The molecule has 0 aliphatic rings. The van der Waals surface area contributed by atoms with Gasteiger partial charge in [0.25, 0.3) is 5.89 Å². The fourth-order valence-corrected chi connectivity index (χ4v) is 1.41. The lowest BCUT2D eigenvalue weighted by atomic mass is 10.0. The van der Waals surface area contributed by atoms with E-state index < -0.39 is 5.60 Å². The first-order valence-electron chi connectivity index (χ1n) is 5.91. The number of aromatic nitrogens is 2. The van der Waals surface area contributed by atoms with E-state index in [1.165, 1.54) is 0 Å². The van der Waals surface area contributed by atoms with E-state index in [-0.39, 0.29) is 6.61 Å². The van der Waals surface area contributed by atoms with Gasteiger partial charge in [-0.2, -0.15) is 4.98 Å². The molecule has 6 nitrogen and oxygen atoms in total. The second-order valence-corrected chi connectivity index (χ2v) is 3.87. The van der Waals surface area contributed by atoms with Crippen molar-refractivity contribution in [2.75, 3.05) is 19.8 Å². The maximum Gasteiger partial charge on any atom is 0.252 e. The van der Waals surface area contributed by atoms with E-state index in [1.807, 2.05) is 20.8 Å². The lowest BCUT2D eigenvalue weighted by Gasteiger charge is -2.23. The Labute approximate surface area is 101 Å². The van der Waals surface area contributed by atoms with Crippen LogP contribution in [0.4, 0.5) is 0 Å². The van der Waals surface area contributed by atoms with E-state index >= 15 is 0 Å². The molecule has 1 aromatic rings. The second-order valence-electron chi connectivity index (χ2n) is 3.87. The van der Waals surface area contributed by atoms with Gasteiger partial charge in [0.05, 0.1) is 6.61 Å². The van der Waals surface area contributed by atoms with Gasteiger partial charge in [-0.1, -0.05) is 12.1 Å². The Bertz CT molecular complexity index is 330. The van der Waals surface area contributed by atoms with Crippen LogP contribution < -0.4 is 5.73 Å². The summed E-state index contributed by atoms with van der Waals surface area (Å²) >= 11 is 0. The Kier molecular flexibility index (Phi) is 5.54. The number of nitrogens with two attached hydrogens (primary N) is 1. The van der Waals surface area contributed by atoms with Gasteiger partial charge < -0.3 is 19.7 Å². The standard InChI is InChI=1S/C11H21N3O3/c1-4-11(3,16-5-2)10-13-9(17-14-10)8-15-7-6-12/h4-8,12H2,1-3H3. The van der Waals surface area contributed by atoms with Gasteiger partial charge in [-0.15, -0.1) is 0 Å². The third-order valence-corrected chi connectivity index (χ3v) is 2.57. The lowest BCUT2D eigenvalue weighted by molar-refractivity contribution is -0.0403. The largest absolute Gasteiger partial charge is 0.370 e. The average Bonchev–Trinajstić information content (AvgIpc) is 2.79. The van der Waals surface area contributed by atoms with Crippen LogP contribution >= 0.6 is 0 Å². The number of ether oxygens (including phenoxy) is 2. The smallest absolute Gasteiger partial charge is 0.252 e. The topological polar surface area (TPSA) is 83.4 Å². The molecule has 17 heavy (non-hydrogen) atoms. The molecular formula is C11H21N3O3. The highest BCUT2D eigenvalue weighted by Crippen LogP contribution is 2.26. The predicted octanol–water partition coefficient (Wildman–Crippen LogP) is 1.21. The van der Waals surface area contributed by atoms with Gasteiger partial charge in [0.15, 0.2) is 0 Å². The van der Waals surface area contributed by atoms with Crippen LogP contribution in [0.25, 0.3) is 0 Å². The molecule has 0 bridgehead atoms. The van der Waals surface area contributed by atoms with Crippen LogP contribution in [-0.4, -0.2) is 29.9 Å². The van der Waals surface area contributed by atoms with Crippen molar-refractivity contribution in [3.8, 4) is 0 Å². The monoisotopic (exact) mass is 243 g/mol. The Morgan fingerprint density at radius 1 is 1.41 bits per heavy atom. The third kappa shape index (κ3) is 3.76. The minimum atomic E-state index is -0.496. The summed E-state index contributed by atoms with van der Waals surface area (Å²) in [6, 6.07) is 0. The van der Waals surface area contributed by atoms with Crippen LogP contribution in [0.2, 0.25) is 0 Å². The minimum absolute atomic E-state index is 0.288. The third-order valence-electron chi connectivity index (χ3n) is 2.57. The van der Waals surface area contributed by atoms with Gasteiger partial charge in [0.1, 0.15) is 12.2 Å². The van der Waals surface area contributed by atoms with E-state index in [1.54, 1.807) is 0 Å². The Balaban J connectivity index is 2.65. The fourth-order valence-electron chi connectivity index (χ4n) is 1.41. The van der Waals surface area contributed by atoms with Crippen molar-refractivity contribution in [3.05, 3.63) is 11.7 Å². The fraction of sp³-hybridized carbons (Fsp3) is 0.818. The summed E-state index contributed by atoms with van der Waals surface area (Å²) < 4.78 is 16.0.